The highest BCUT2D eigenvalue weighted by Crippen LogP contribution is 2.41. The van der Waals surface area contributed by atoms with Crippen LogP contribution in [0.4, 0.5) is 0 Å². The molecule has 2 aliphatic carbocycles. The van der Waals surface area contributed by atoms with E-state index in [-0.39, 0.29) is 0 Å². The van der Waals surface area contributed by atoms with Gasteiger partial charge in [0.2, 0.25) is 5.88 Å². The van der Waals surface area contributed by atoms with Crippen LogP contribution < -0.4 is 4.74 Å². The van der Waals surface area contributed by atoms with E-state index in [0.717, 1.165) is 47.6 Å². The van der Waals surface area contributed by atoms with Crippen molar-refractivity contribution in [3.05, 3.63) is 53.6 Å². The molecule has 1 saturated carbocycles. The molecule has 0 spiro atoms. The molecular weight excluding hydrogens is 286 g/mol. The summed E-state index contributed by atoms with van der Waals surface area (Å²) >= 11 is 0. The molecule has 1 aromatic carbocycles. The van der Waals surface area contributed by atoms with E-state index in [1.165, 1.54) is 24.1 Å². The molecule has 0 aliphatic heterocycles. The Morgan fingerprint density at radius 3 is 2.91 bits per heavy atom. The van der Waals surface area contributed by atoms with Gasteiger partial charge >= 0.3 is 0 Å². The van der Waals surface area contributed by atoms with Crippen molar-refractivity contribution in [3.63, 3.8) is 0 Å². The Labute approximate surface area is 134 Å². The van der Waals surface area contributed by atoms with Crippen LogP contribution in [-0.4, -0.2) is 15.0 Å². The maximum atomic E-state index is 6.17. The van der Waals surface area contributed by atoms with Crippen LogP contribution in [-0.2, 0) is 12.8 Å². The Bertz CT molecular complexity index is 902. The lowest BCUT2D eigenvalue weighted by molar-refractivity contribution is 0.453. The number of fused-ring (bicyclic) bond motifs is 2. The highest BCUT2D eigenvalue weighted by atomic mass is 16.5. The zero-order valence-electron chi connectivity index (χ0n) is 12.8. The third-order valence-electron chi connectivity index (χ3n) is 4.64. The lowest BCUT2D eigenvalue weighted by Crippen LogP contribution is -2.02. The molecule has 4 heteroatoms. The predicted molar refractivity (Wildman–Crippen MR) is 87.8 cm³/mol. The molecule has 0 atom stereocenters. The summed E-state index contributed by atoms with van der Waals surface area (Å²) in [4.78, 5) is 13.9. The number of ether oxygens (including phenoxy) is 1. The second-order valence-electron chi connectivity index (χ2n) is 6.40. The largest absolute Gasteiger partial charge is 0.439 e. The van der Waals surface area contributed by atoms with Gasteiger partial charge < -0.3 is 4.74 Å². The molecule has 2 heterocycles. The van der Waals surface area contributed by atoms with E-state index in [1.807, 2.05) is 30.5 Å². The van der Waals surface area contributed by atoms with Gasteiger partial charge in [0.15, 0.2) is 0 Å². The normalized spacial score (nSPS) is 16.5. The monoisotopic (exact) mass is 303 g/mol. The molecule has 3 aromatic rings. The van der Waals surface area contributed by atoms with Gasteiger partial charge in [-0.1, -0.05) is 6.07 Å². The molecule has 0 unspecified atom stereocenters. The molecule has 0 N–H and O–H groups in total. The number of aryl methyl sites for hydroxylation is 1. The van der Waals surface area contributed by atoms with E-state index in [1.54, 1.807) is 0 Å². The fraction of sp³-hybridized carbons (Fsp3) is 0.316. The van der Waals surface area contributed by atoms with Crippen LogP contribution in [0.3, 0.4) is 0 Å². The summed E-state index contributed by atoms with van der Waals surface area (Å²) in [7, 11) is 0. The molecule has 4 nitrogen and oxygen atoms in total. The maximum absolute atomic E-state index is 6.17. The minimum absolute atomic E-state index is 0.545. The smallest absolute Gasteiger partial charge is 0.226 e. The SMILES string of the molecule is c1cnc2ccc(Oc3nc(C4CC4)nc4c3CCC4)cc2c1. The van der Waals surface area contributed by atoms with Gasteiger partial charge in [0, 0.05) is 23.1 Å². The Morgan fingerprint density at radius 1 is 1.04 bits per heavy atom. The first-order chi connectivity index (χ1) is 11.4. The number of nitrogens with zero attached hydrogens (tertiary/aromatic N) is 3. The van der Waals surface area contributed by atoms with Crippen LogP contribution in [0.15, 0.2) is 36.5 Å². The average molecular weight is 303 g/mol. The predicted octanol–water partition coefficient (Wildman–Crippen LogP) is 4.18. The van der Waals surface area contributed by atoms with Crippen LogP contribution in [0.25, 0.3) is 10.9 Å². The van der Waals surface area contributed by atoms with Crippen LogP contribution in [0.2, 0.25) is 0 Å². The summed E-state index contributed by atoms with van der Waals surface area (Å²) in [5.74, 6) is 3.10. The van der Waals surface area contributed by atoms with Gasteiger partial charge in [-0.15, -0.1) is 0 Å². The van der Waals surface area contributed by atoms with Crippen molar-refractivity contribution < 1.29 is 4.74 Å². The van der Waals surface area contributed by atoms with Gasteiger partial charge in [0.1, 0.15) is 11.6 Å². The van der Waals surface area contributed by atoms with Crippen molar-refractivity contribution in [2.24, 2.45) is 0 Å². The van der Waals surface area contributed by atoms with Gasteiger partial charge in [0.05, 0.1) is 11.2 Å². The maximum Gasteiger partial charge on any atom is 0.226 e. The zero-order chi connectivity index (χ0) is 15.2. The van der Waals surface area contributed by atoms with E-state index in [9.17, 15) is 0 Å². The topological polar surface area (TPSA) is 47.9 Å². The number of hydrogen-bond donors (Lipinski definition) is 0. The first-order valence-electron chi connectivity index (χ1n) is 8.29. The first kappa shape index (κ1) is 13.0. The third-order valence-corrected chi connectivity index (χ3v) is 4.64. The molecule has 0 radical (unpaired) electrons. The average Bonchev–Trinajstić information content (AvgIpc) is 3.32. The number of hydrogen-bond acceptors (Lipinski definition) is 4. The van der Waals surface area contributed by atoms with E-state index in [2.05, 4.69) is 11.1 Å². The number of rotatable bonds is 3. The number of pyridine rings is 1. The van der Waals surface area contributed by atoms with Crippen LogP contribution >= 0.6 is 0 Å². The second-order valence-corrected chi connectivity index (χ2v) is 6.40. The summed E-state index contributed by atoms with van der Waals surface area (Å²) in [6, 6.07) is 9.99. The summed E-state index contributed by atoms with van der Waals surface area (Å²) < 4.78 is 6.17. The molecule has 0 amide bonds. The van der Waals surface area contributed by atoms with Crippen molar-refractivity contribution in [2.75, 3.05) is 0 Å². The molecule has 114 valence electrons. The van der Waals surface area contributed by atoms with Gasteiger partial charge in [0.25, 0.3) is 0 Å². The van der Waals surface area contributed by atoms with Gasteiger partial charge in [-0.3, -0.25) is 4.98 Å². The third kappa shape index (κ3) is 2.34. The first-order valence-corrected chi connectivity index (χ1v) is 8.29. The van der Waals surface area contributed by atoms with Gasteiger partial charge in [-0.25, -0.2) is 4.98 Å². The lowest BCUT2D eigenvalue weighted by Gasteiger charge is -2.11. The van der Waals surface area contributed by atoms with Crippen molar-refractivity contribution >= 4 is 10.9 Å². The minimum atomic E-state index is 0.545. The summed E-state index contributed by atoms with van der Waals surface area (Å²) in [6.45, 7) is 0. The second kappa shape index (κ2) is 5.01. The van der Waals surface area contributed by atoms with Crippen LogP contribution in [0.5, 0.6) is 11.6 Å². The van der Waals surface area contributed by atoms with E-state index >= 15 is 0 Å². The molecule has 2 aliphatic rings. The molecule has 0 saturated heterocycles. The summed E-state index contributed by atoms with van der Waals surface area (Å²) in [5.41, 5.74) is 3.37. The highest BCUT2D eigenvalue weighted by Gasteiger charge is 2.30. The number of aromatic nitrogens is 3. The highest BCUT2D eigenvalue weighted by molar-refractivity contribution is 5.79. The van der Waals surface area contributed by atoms with E-state index in [0.29, 0.717) is 5.92 Å². The molecule has 5 rings (SSSR count). The fourth-order valence-electron chi connectivity index (χ4n) is 3.25. The van der Waals surface area contributed by atoms with E-state index < -0.39 is 0 Å². The Kier molecular flexibility index (Phi) is 2.83. The molecule has 23 heavy (non-hydrogen) atoms. The van der Waals surface area contributed by atoms with Crippen LogP contribution in [0.1, 0.15) is 42.3 Å². The summed E-state index contributed by atoms with van der Waals surface area (Å²) in [5, 5.41) is 1.08. The van der Waals surface area contributed by atoms with Gasteiger partial charge in [-0.05, 0) is 56.4 Å². The van der Waals surface area contributed by atoms with Crippen molar-refractivity contribution in [1.29, 1.82) is 0 Å². The molecular formula is C19H17N3O. The Hall–Kier alpha value is -2.49. The fourth-order valence-corrected chi connectivity index (χ4v) is 3.25. The summed E-state index contributed by atoms with van der Waals surface area (Å²) in [6.07, 6.45) is 7.44. The van der Waals surface area contributed by atoms with E-state index in [4.69, 9.17) is 14.7 Å². The zero-order valence-corrected chi connectivity index (χ0v) is 12.8. The minimum Gasteiger partial charge on any atom is -0.439 e. The van der Waals surface area contributed by atoms with Gasteiger partial charge in [-0.2, -0.15) is 4.98 Å². The van der Waals surface area contributed by atoms with Crippen molar-refractivity contribution in [3.8, 4) is 11.6 Å². The molecule has 0 bridgehead atoms. The quantitative estimate of drug-likeness (QED) is 0.728. The van der Waals surface area contributed by atoms with Crippen molar-refractivity contribution in [1.82, 2.24) is 15.0 Å². The Morgan fingerprint density at radius 2 is 2.00 bits per heavy atom. The molecule has 2 aromatic heterocycles. The Balaban J connectivity index is 1.55. The van der Waals surface area contributed by atoms with Crippen molar-refractivity contribution in [2.45, 2.75) is 38.0 Å². The van der Waals surface area contributed by atoms with Crippen LogP contribution in [0, 0.1) is 0 Å². The molecule has 1 fully saturated rings. The number of benzene rings is 1. The standard InChI is InChI=1S/C19H17N3O/c1-4-15-17(5-1)21-18(12-6-7-12)22-19(15)23-14-8-9-16-13(11-14)3-2-10-20-16/h2-3,8-12H,1,4-7H2. The lowest BCUT2D eigenvalue weighted by atomic mass is 10.2.